The number of benzene rings is 3. The van der Waals surface area contributed by atoms with E-state index in [0.717, 1.165) is 55.3 Å². The van der Waals surface area contributed by atoms with Gasteiger partial charge in [0.15, 0.2) is 0 Å². The van der Waals surface area contributed by atoms with Gasteiger partial charge in [-0.2, -0.15) is 0 Å². The molecule has 6 rings (SSSR count). The van der Waals surface area contributed by atoms with Crippen molar-refractivity contribution in [2.75, 3.05) is 0 Å². The van der Waals surface area contributed by atoms with Crippen LogP contribution in [-0.4, -0.2) is 27.4 Å². The number of aromatic nitrogens is 1. The van der Waals surface area contributed by atoms with Crippen LogP contribution in [0.1, 0.15) is 66.2 Å². The van der Waals surface area contributed by atoms with Crippen LogP contribution in [0.25, 0.3) is 32.9 Å². The summed E-state index contributed by atoms with van der Waals surface area (Å²) in [5.74, 6) is 0.666. The van der Waals surface area contributed by atoms with Gasteiger partial charge in [-0.1, -0.05) is 70.2 Å². The maximum atomic E-state index is 10.7. The Hall–Kier alpha value is -2.10. The predicted octanol–water partition coefficient (Wildman–Crippen LogP) is 8.21. The number of fused-ring (bicyclic) bond motifs is 4. The fourth-order valence-corrected chi connectivity index (χ4v) is 7.64. The smallest absolute Gasteiger partial charge is 0.0651 e. The number of hydrogen-bond acceptors (Lipinski definition) is 3. The van der Waals surface area contributed by atoms with Gasteiger partial charge in [0.2, 0.25) is 0 Å². The molecule has 3 nitrogen and oxygen atoms in total. The molecule has 3 aromatic carbocycles. The molecule has 2 atom stereocenters. The Morgan fingerprint density at radius 1 is 0.744 bits per heavy atom. The van der Waals surface area contributed by atoms with Gasteiger partial charge >= 0.3 is 0 Å². The summed E-state index contributed by atoms with van der Waals surface area (Å²) in [7, 11) is 0. The monoisotopic (exact) mass is 701 g/mol. The van der Waals surface area contributed by atoms with E-state index in [-0.39, 0.29) is 49.1 Å². The van der Waals surface area contributed by atoms with Crippen LogP contribution in [-0.2, 0) is 20.1 Å². The van der Waals surface area contributed by atoms with E-state index in [2.05, 4.69) is 82.3 Å². The third-order valence-corrected chi connectivity index (χ3v) is 10.3. The molecule has 209 valence electrons. The summed E-state index contributed by atoms with van der Waals surface area (Å²) in [6, 6.07) is 28.0. The van der Waals surface area contributed by atoms with Crippen molar-refractivity contribution < 1.29 is 30.3 Å². The molecule has 0 saturated heterocycles. The Labute approximate surface area is 247 Å². The fraction of sp³-hybridized carbons (Fsp3) is 0.457. The van der Waals surface area contributed by atoms with Crippen LogP contribution in [0.15, 0.2) is 72.8 Å². The quantitative estimate of drug-likeness (QED) is 0.163. The maximum Gasteiger partial charge on any atom is 0.0651 e. The molecule has 4 heteroatoms. The van der Waals surface area contributed by atoms with Gasteiger partial charge in [-0.25, -0.2) is 0 Å². The second-order valence-electron chi connectivity index (χ2n) is 11.6. The minimum atomic E-state index is -0.299. The summed E-state index contributed by atoms with van der Waals surface area (Å²) < 4.78 is 0. The summed E-state index contributed by atoms with van der Waals surface area (Å²) in [6.45, 7) is 8.75. The van der Waals surface area contributed by atoms with Crippen LogP contribution < -0.4 is 0 Å². The maximum absolute atomic E-state index is 10.7. The molecular weight excluding hydrogens is 659 g/mol. The van der Waals surface area contributed by atoms with E-state index in [1.807, 2.05) is 24.3 Å². The van der Waals surface area contributed by atoms with Crippen LogP contribution in [0, 0.1) is 28.7 Å². The Kier molecular flexibility index (Phi) is 9.33. The molecule has 1 aromatic heterocycles. The van der Waals surface area contributed by atoms with Crippen molar-refractivity contribution in [3.8, 4) is 11.3 Å². The SMILES string of the molecule is CCC1(CC)CC2CC(CC)(CC)C(O)C2C1O.[Ir].[c-]1ccccc1-c1ccc2c(ccc3ccccc32)n1. The molecule has 0 amide bonds. The first-order chi connectivity index (χ1) is 18.4. The van der Waals surface area contributed by atoms with Gasteiger partial charge in [0.1, 0.15) is 0 Å². The van der Waals surface area contributed by atoms with Gasteiger partial charge in [0.25, 0.3) is 0 Å². The summed E-state index contributed by atoms with van der Waals surface area (Å²) in [4.78, 5) is 4.76. The molecule has 2 unspecified atom stereocenters. The third-order valence-electron chi connectivity index (χ3n) is 10.3. The van der Waals surface area contributed by atoms with Gasteiger partial charge in [-0.05, 0) is 77.8 Å². The molecule has 2 N–H and O–H groups in total. The van der Waals surface area contributed by atoms with E-state index in [9.17, 15) is 10.2 Å². The van der Waals surface area contributed by atoms with Gasteiger partial charge in [-0.3, -0.25) is 4.98 Å². The normalized spacial score (nSPS) is 24.6. The van der Waals surface area contributed by atoms with Gasteiger partial charge in [0, 0.05) is 31.4 Å². The van der Waals surface area contributed by atoms with Crippen LogP contribution >= 0.6 is 0 Å². The summed E-state index contributed by atoms with van der Waals surface area (Å²) in [5.41, 5.74) is 3.17. The molecule has 2 aliphatic carbocycles. The molecule has 0 spiro atoms. The molecular formula is C35H42IrNO2-. The average Bonchev–Trinajstić information content (AvgIpc) is 3.42. The summed E-state index contributed by atoms with van der Waals surface area (Å²) in [5, 5.41) is 25.2. The Balaban J connectivity index is 0.000000178. The predicted molar refractivity (Wildman–Crippen MR) is 158 cm³/mol. The molecule has 39 heavy (non-hydrogen) atoms. The zero-order chi connectivity index (χ0) is 26.9. The largest absolute Gasteiger partial charge is 0.392 e. The van der Waals surface area contributed by atoms with Crippen molar-refractivity contribution in [3.05, 3.63) is 78.9 Å². The van der Waals surface area contributed by atoms with Gasteiger partial charge in [-0.15, -0.1) is 35.9 Å². The molecule has 2 saturated carbocycles. The number of aliphatic hydroxyl groups is 2. The van der Waals surface area contributed by atoms with Crippen LogP contribution in [0.5, 0.6) is 0 Å². The molecule has 0 bridgehead atoms. The van der Waals surface area contributed by atoms with Crippen molar-refractivity contribution in [2.45, 2.75) is 78.4 Å². The van der Waals surface area contributed by atoms with Crippen molar-refractivity contribution in [1.29, 1.82) is 0 Å². The van der Waals surface area contributed by atoms with E-state index in [1.54, 1.807) is 0 Å². The molecule has 1 radical (unpaired) electrons. The summed E-state index contributed by atoms with van der Waals surface area (Å²) >= 11 is 0. The average molecular weight is 701 g/mol. The van der Waals surface area contributed by atoms with Crippen LogP contribution in [0.3, 0.4) is 0 Å². The molecule has 2 aliphatic rings. The fourth-order valence-electron chi connectivity index (χ4n) is 7.64. The minimum absolute atomic E-state index is 0. The van der Waals surface area contributed by atoms with Crippen LogP contribution in [0.2, 0.25) is 0 Å². The first-order valence-electron chi connectivity index (χ1n) is 14.5. The Morgan fingerprint density at radius 3 is 1.92 bits per heavy atom. The van der Waals surface area contributed by atoms with Crippen molar-refractivity contribution in [3.63, 3.8) is 0 Å². The summed E-state index contributed by atoms with van der Waals surface area (Å²) in [6.07, 6.45) is 5.78. The van der Waals surface area contributed by atoms with Gasteiger partial charge in [0.05, 0.1) is 17.7 Å². The van der Waals surface area contributed by atoms with Crippen molar-refractivity contribution in [2.24, 2.45) is 22.7 Å². The minimum Gasteiger partial charge on any atom is -0.392 e. The molecule has 1 heterocycles. The van der Waals surface area contributed by atoms with E-state index in [1.165, 1.54) is 16.2 Å². The molecule has 2 fully saturated rings. The van der Waals surface area contributed by atoms with Gasteiger partial charge < -0.3 is 10.2 Å². The number of pyridine rings is 1. The topological polar surface area (TPSA) is 53.4 Å². The van der Waals surface area contributed by atoms with Crippen molar-refractivity contribution in [1.82, 2.24) is 4.98 Å². The number of rotatable bonds is 5. The van der Waals surface area contributed by atoms with E-state index < -0.39 is 0 Å². The van der Waals surface area contributed by atoms with Crippen LogP contribution in [0.4, 0.5) is 0 Å². The standard InChI is InChI=1S/C19H12N.C16H30O2.Ir/c1-2-7-15(8-3-1)18-13-11-17-16-9-5-4-6-14(16)10-12-19(17)20-18;1-5-15(6-2)9-11-10-16(7-3,8-4)14(18)12(11)13(15)17;/h1-7,9-13H;11-14,17-18H,5-10H2,1-4H3;/q-1;;. The number of hydrogen-bond donors (Lipinski definition) is 2. The third kappa shape index (κ3) is 5.22. The second kappa shape index (κ2) is 12.2. The first kappa shape index (κ1) is 29.9. The zero-order valence-electron chi connectivity index (χ0n) is 23.7. The van der Waals surface area contributed by atoms with E-state index >= 15 is 0 Å². The molecule has 0 aliphatic heterocycles. The molecule has 4 aromatic rings. The number of nitrogens with zero attached hydrogens (tertiary/aromatic N) is 1. The first-order valence-corrected chi connectivity index (χ1v) is 14.5. The Morgan fingerprint density at radius 2 is 1.36 bits per heavy atom. The van der Waals surface area contributed by atoms with Crippen molar-refractivity contribution >= 4 is 21.7 Å². The second-order valence-corrected chi connectivity index (χ2v) is 11.6. The van der Waals surface area contributed by atoms with E-state index in [0.29, 0.717) is 5.92 Å². The van der Waals surface area contributed by atoms with E-state index in [4.69, 9.17) is 4.98 Å². The number of aliphatic hydroxyl groups excluding tert-OH is 2. The Bertz CT molecular complexity index is 1350. The zero-order valence-corrected chi connectivity index (χ0v) is 26.1.